The van der Waals surface area contributed by atoms with Gasteiger partial charge in [-0.3, -0.25) is 4.90 Å². The van der Waals surface area contributed by atoms with Crippen LogP contribution >= 0.6 is 0 Å². The summed E-state index contributed by atoms with van der Waals surface area (Å²) >= 11 is 0. The fourth-order valence-electron chi connectivity index (χ4n) is 2.93. The molecule has 134 valence electrons. The molecule has 1 unspecified atom stereocenters. The van der Waals surface area contributed by atoms with Gasteiger partial charge < -0.3 is 19.8 Å². The van der Waals surface area contributed by atoms with Crippen molar-refractivity contribution in [2.75, 3.05) is 44.2 Å². The Morgan fingerprint density at radius 2 is 1.60 bits per heavy atom. The number of rotatable bonds is 6. The summed E-state index contributed by atoms with van der Waals surface area (Å²) in [6, 6.07) is 13.0. The number of hydrogen-bond acceptors (Lipinski definition) is 5. The van der Waals surface area contributed by atoms with E-state index in [1.165, 1.54) is 12.1 Å². The zero-order valence-electron chi connectivity index (χ0n) is 14.0. The van der Waals surface area contributed by atoms with Crippen LogP contribution in [0.3, 0.4) is 0 Å². The second kappa shape index (κ2) is 8.18. The van der Waals surface area contributed by atoms with Gasteiger partial charge in [0.25, 0.3) is 0 Å². The van der Waals surface area contributed by atoms with E-state index in [0.29, 0.717) is 12.3 Å². The summed E-state index contributed by atoms with van der Waals surface area (Å²) in [5.74, 6) is 0.517. The van der Waals surface area contributed by atoms with Crippen molar-refractivity contribution in [2.45, 2.75) is 6.10 Å². The van der Waals surface area contributed by atoms with Gasteiger partial charge in [-0.05, 0) is 48.5 Å². The molecule has 0 spiro atoms. The Balaban J connectivity index is 1.40. The smallest absolute Gasteiger partial charge is 0.123 e. The van der Waals surface area contributed by atoms with Crippen molar-refractivity contribution < 1.29 is 19.3 Å². The number of β-amino-alcohol motifs (C(OH)–C–C–N with tert-alkyl or cyclic N) is 1. The summed E-state index contributed by atoms with van der Waals surface area (Å²) in [5.41, 5.74) is 1.10. The molecule has 2 aromatic rings. The summed E-state index contributed by atoms with van der Waals surface area (Å²) in [6.45, 7) is 4.18. The summed E-state index contributed by atoms with van der Waals surface area (Å²) in [6.07, 6.45) is -0.592. The number of phenols is 1. The van der Waals surface area contributed by atoms with Gasteiger partial charge in [0, 0.05) is 38.4 Å². The zero-order valence-corrected chi connectivity index (χ0v) is 14.0. The molecule has 1 atom stereocenters. The Labute approximate surface area is 146 Å². The maximum Gasteiger partial charge on any atom is 0.123 e. The lowest BCUT2D eigenvalue weighted by molar-refractivity contribution is 0.0663. The lowest BCUT2D eigenvalue weighted by Gasteiger charge is -2.36. The number of nitrogens with zero attached hydrogens (tertiary/aromatic N) is 2. The van der Waals surface area contributed by atoms with Crippen LogP contribution in [0.15, 0.2) is 48.5 Å². The van der Waals surface area contributed by atoms with Gasteiger partial charge in [0.2, 0.25) is 0 Å². The Morgan fingerprint density at radius 3 is 2.24 bits per heavy atom. The number of anilines is 1. The van der Waals surface area contributed by atoms with Gasteiger partial charge in [-0.2, -0.15) is 0 Å². The summed E-state index contributed by atoms with van der Waals surface area (Å²) in [7, 11) is 0. The molecule has 0 saturated carbocycles. The van der Waals surface area contributed by atoms with E-state index in [9.17, 15) is 14.6 Å². The number of benzene rings is 2. The maximum absolute atomic E-state index is 12.8. The summed E-state index contributed by atoms with van der Waals surface area (Å²) in [5, 5.41) is 19.5. The average Bonchev–Trinajstić information content (AvgIpc) is 2.63. The molecule has 0 aliphatic carbocycles. The molecule has 2 aromatic carbocycles. The molecular formula is C19H23FN2O3. The van der Waals surface area contributed by atoms with Gasteiger partial charge in [0.15, 0.2) is 0 Å². The van der Waals surface area contributed by atoms with E-state index >= 15 is 0 Å². The van der Waals surface area contributed by atoms with E-state index in [1.807, 2.05) is 12.1 Å². The van der Waals surface area contributed by atoms with Crippen molar-refractivity contribution in [3.05, 3.63) is 54.3 Å². The van der Waals surface area contributed by atoms with Crippen molar-refractivity contribution in [3.63, 3.8) is 0 Å². The van der Waals surface area contributed by atoms with E-state index in [2.05, 4.69) is 9.80 Å². The van der Waals surface area contributed by atoms with E-state index in [-0.39, 0.29) is 18.2 Å². The summed E-state index contributed by atoms with van der Waals surface area (Å²) in [4.78, 5) is 4.47. The number of aliphatic hydroxyl groups is 1. The van der Waals surface area contributed by atoms with Crippen LogP contribution in [0.5, 0.6) is 11.5 Å². The van der Waals surface area contributed by atoms with Crippen molar-refractivity contribution in [3.8, 4) is 11.5 Å². The molecule has 1 heterocycles. The van der Waals surface area contributed by atoms with E-state index in [4.69, 9.17) is 4.74 Å². The van der Waals surface area contributed by atoms with Gasteiger partial charge in [-0.25, -0.2) is 4.39 Å². The number of ether oxygens (including phenoxy) is 1. The van der Waals surface area contributed by atoms with E-state index in [0.717, 1.165) is 31.9 Å². The SMILES string of the molecule is Oc1ccc(N2CCN(CC(O)COc3ccc(F)cc3)CC2)cc1. The van der Waals surface area contributed by atoms with Gasteiger partial charge in [-0.15, -0.1) is 0 Å². The van der Waals surface area contributed by atoms with Crippen LogP contribution in [0.2, 0.25) is 0 Å². The first-order valence-electron chi connectivity index (χ1n) is 8.43. The predicted octanol–water partition coefficient (Wildman–Crippen LogP) is 2.09. The third kappa shape index (κ3) is 5.08. The monoisotopic (exact) mass is 346 g/mol. The Morgan fingerprint density at radius 1 is 0.960 bits per heavy atom. The molecule has 0 aromatic heterocycles. The number of halogens is 1. The number of aromatic hydroxyl groups is 1. The standard InChI is InChI=1S/C19H23FN2O3/c20-15-1-7-19(8-2-15)25-14-18(24)13-21-9-11-22(12-10-21)16-3-5-17(23)6-4-16/h1-8,18,23-24H,9-14H2. The van der Waals surface area contributed by atoms with Gasteiger partial charge in [0.05, 0.1) is 0 Å². The fourth-order valence-corrected chi connectivity index (χ4v) is 2.93. The molecule has 25 heavy (non-hydrogen) atoms. The molecule has 5 nitrogen and oxygen atoms in total. The Hall–Kier alpha value is -2.31. The Bertz CT molecular complexity index is 655. The van der Waals surface area contributed by atoms with Crippen molar-refractivity contribution in [2.24, 2.45) is 0 Å². The normalized spacial score (nSPS) is 16.6. The first-order valence-corrected chi connectivity index (χ1v) is 8.43. The molecule has 0 amide bonds. The first-order chi connectivity index (χ1) is 12.1. The molecule has 1 aliphatic heterocycles. The highest BCUT2D eigenvalue weighted by atomic mass is 19.1. The van der Waals surface area contributed by atoms with Crippen LogP contribution in [-0.2, 0) is 0 Å². The van der Waals surface area contributed by atoms with Crippen LogP contribution in [0.25, 0.3) is 0 Å². The molecule has 3 rings (SSSR count). The third-order valence-corrected chi connectivity index (χ3v) is 4.31. The second-order valence-corrected chi connectivity index (χ2v) is 6.22. The minimum absolute atomic E-state index is 0.184. The number of phenolic OH excluding ortho intramolecular Hbond substituents is 1. The largest absolute Gasteiger partial charge is 0.508 e. The van der Waals surface area contributed by atoms with Crippen molar-refractivity contribution in [1.82, 2.24) is 4.90 Å². The van der Waals surface area contributed by atoms with E-state index in [1.54, 1.807) is 24.3 Å². The Kier molecular flexibility index (Phi) is 5.73. The third-order valence-electron chi connectivity index (χ3n) is 4.31. The molecule has 2 N–H and O–H groups in total. The minimum atomic E-state index is -0.592. The lowest BCUT2D eigenvalue weighted by Crippen LogP contribution is -2.49. The maximum atomic E-state index is 12.8. The highest BCUT2D eigenvalue weighted by Crippen LogP contribution is 2.20. The molecule has 1 saturated heterocycles. The molecule has 1 fully saturated rings. The van der Waals surface area contributed by atoms with Crippen LogP contribution < -0.4 is 9.64 Å². The van der Waals surface area contributed by atoms with Crippen molar-refractivity contribution >= 4 is 5.69 Å². The van der Waals surface area contributed by atoms with Gasteiger partial charge in [0.1, 0.15) is 30.0 Å². The second-order valence-electron chi connectivity index (χ2n) is 6.22. The molecule has 1 aliphatic rings. The van der Waals surface area contributed by atoms with Gasteiger partial charge in [-0.1, -0.05) is 0 Å². The van der Waals surface area contributed by atoms with E-state index < -0.39 is 6.10 Å². The number of aliphatic hydroxyl groups excluding tert-OH is 1. The quantitative estimate of drug-likeness (QED) is 0.839. The van der Waals surface area contributed by atoms with Crippen LogP contribution in [0, 0.1) is 5.82 Å². The highest BCUT2D eigenvalue weighted by molar-refractivity contribution is 5.49. The van der Waals surface area contributed by atoms with Crippen LogP contribution in [0.1, 0.15) is 0 Å². The topological polar surface area (TPSA) is 56.2 Å². The number of hydrogen-bond donors (Lipinski definition) is 2. The molecular weight excluding hydrogens is 323 g/mol. The van der Waals surface area contributed by atoms with Crippen molar-refractivity contribution in [1.29, 1.82) is 0 Å². The average molecular weight is 346 g/mol. The highest BCUT2D eigenvalue weighted by Gasteiger charge is 2.19. The first kappa shape index (κ1) is 17.5. The minimum Gasteiger partial charge on any atom is -0.508 e. The predicted molar refractivity (Wildman–Crippen MR) is 94.7 cm³/mol. The van der Waals surface area contributed by atoms with Gasteiger partial charge >= 0.3 is 0 Å². The zero-order chi connectivity index (χ0) is 17.6. The molecule has 0 bridgehead atoms. The fraction of sp³-hybridized carbons (Fsp3) is 0.368. The molecule has 6 heteroatoms. The van der Waals surface area contributed by atoms with Crippen LogP contribution in [-0.4, -0.2) is 60.5 Å². The lowest BCUT2D eigenvalue weighted by atomic mass is 10.2. The number of piperazine rings is 1. The molecule has 0 radical (unpaired) electrons. The van der Waals surface area contributed by atoms with Crippen LogP contribution in [0.4, 0.5) is 10.1 Å². The summed E-state index contributed by atoms with van der Waals surface area (Å²) < 4.78 is 18.3.